The Balaban J connectivity index is 2.09. The van der Waals surface area contributed by atoms with Crippen LogP contribution in [-0.4, -0.2) is 48.7 Å². The number of aldehydes is 1. The first-order valence-corrected chi connectivity index (χ1v) is 9.82. The number of aliphatic imine (C=N–C) groups is 1. The van der Waals surface area contributed by atoms with Crippen molar-refractivity contribution in [2.24, 2.45) is 10.7 Å². The van der Waals surface area contributed by atoms with Crippen molar-refractivity contribution in [1.82, 2.24) is 14.9 Å². The van der Waals surface area contributed by atoms with Crippen LogP contribution in [0.15, 0.2) is 11.3 Å². The monoisotopic (exact) mass is 377 g/mol. The summed E-state index contributed by atoms with van der Waals surface area (Å²) in [6.07, 6.45) is 2.72. The molecule has 0 amide bonds. The maximum Gasteiger partial charge on any atom is 0.385 e. The number of guanidine groups is 1. The predicted molar refractivity (Wildman–Crippen MR) is 90.7 cm³/mol. The molecule has 24 heavy (non-hydrogen) atoms. The molecule has 1 saturated heterocycles. The highest BCUT2D eigenvalue weighted by Crippen LogP contribution is 2.52. The summed E-state index contributed by atoms with van der Waals surface area (Å²) in [4.78, 5) is 19.3. The average molecular weight is 377 g/mol. The number of nitrogens with two attached hydrogens (primary N) is 1. The normalized spacial score (nSPS) is 23.9. The summed E-state index contributed by atoms with van der Waals surface area (Å²) in [6.45, 7) is -3.27. The summed E-state index contributed by atoms with van der Waals surface area (Å²) in [5.74, 6) is 0.453. The molecule has 0 bridgehead atoms. The van der Waals surface area contributed by atoms with E-state index in [0.29, 0.717) is 24.9 Å². The van der Waals surface area contributed by atoms with Gasteiger partial charge in [-0.05, 0) is 12.8 Å². The number of hydrogen-bond donors (Lipinski definition) is 3. The van der Waals surface area contributed by atoms with Crippen molar-refractivity contribution in [2.75, 3.05) is 20.8 Å². The fourth-order valence-corrected chi connectivity index (χ4v) is 2.85. The Labute approximate surface area is 144 Å². The van der Waals surface area contributed by atoms with Crippen LogP contribution in [0.1, 0.15) is 29.6 Å². The van der Waals surface area contributed by atoms with Crippen LogP contribution in [0.2, 0.25) is 0 Å². The first-order chi connectivity index (χ1) is 11.4. The number of ether oxygens (including phenoxy) is 1. The maximum absolute atomic E-state index is 11.6. The van der Waals surface area contributed by atoms with Gasteiger partial charge in [0.2, 0.25) is 0 Å². The Kier molecular flexibility index (Phi) is 6.41. The Morgan fingerprint density at radius 3 is 3.08 bits per heavy atom. The number of imidazole rings is 1. The molecule has 3 atom stereocenters. The summed E-state index contributed by atoms with van der Waals surface area (Å²) in [5.41, 5.74) is 5.82. The van der Waals surface area contributed by atoms with Gasteiger partial charge in [-0.1, -0.05) is 12.2 Å². The lowest BCUT2D eigenvalue weighted by Crippen LogP contribution is -2.27. The van der Waals surface area contributed by atoms with Crippen molar-refractivity contribution in [3.63, 3.8) is 0 Å². The van der Waals surface area contributed by atoms with Crippen LogP contribution >= 0.6 is 19.0 Å². The average Bonchev–Trinajstić information content (AvgIpc) is 3.19. The highest BCUT2D eigenvalue weighted by molar-refractivity contribution is 8.44. The molecule has 0 spiro atoms. The van der Waals surface area contributed by atoms with Gasteiger partial charge in [0, 0.05) is 14.2 Å². The molecule has 3 unspecified atom stereocenters. The van der Waals surface area contributed by atoms with Gasteiger partial charge >= 0.3 is 6.80 Å². The van der Waals surface area contributed by atoms with Gasteiger partial charge in [-0.15, -0.1) is 0 Å². The van der Waals surface area contributed by atoms with Crippen LogP contribution in [0.5, 0.6) is 0 Å². The predicted octanol–water partition coefficient (Wildman–Crippen LogP) is 1.24. The third-order valence-corrected chi connectivity index (χ3v) is 5.21. The minimum absolute atomic E-state index is 0.0810. The second-order valence-corrected chi connectivity index (χ2v) is 7.99. The van der Waals surface area contributed by atoms with Crippen LogP contribution in [-0.2, 0) is 18.3 Å². The molecule has 1 fully saturated rings. The van der Waals surface area contributed by atoms with Crippen molar-refractivity contribution >= 4 is 37.1 Å². The Morgan fingerprint density at radius 2 is 2.46 bits per heavy atom. The summed E-state index contributed by atoms with van der Waals surface area (Å²) in [7, 11) is 2.88. The van der Waals surface area contributed by atoms with Gasteiger partial charge in [-0.3, -0.25) is 13.9 Å². The van der Waals surface area contributed by atoms with Gasteiger partial charge in [0.05, 0.1) is 19.0 Å². The molecule has 0 aliphatic carbocycles. The number of carbonyl (C=O) groups is 1. The minimum atomic E-state index is -3.35. The van der Waals surface area contributed by atoms with Gasteiger partial charge in [0.25, 0.3) is 0 Å². The molecule has 1 aliphatic rings. The molecule has 12 heteroatoms. The second kappa shape index (κ2) is 8.13. The molecule has 0 radical (unpaired) electrons. The summed E-state index contributed by atoms with van der Waals surface area (Å²) in [5, 5.41) is 2.68. The van der Waals surface area contributed by atoms with E-state index in [9.17, 15) is 9.36 Å². The van der Waals surface area contributed by atoms with Crippen molar-refractivity contribution in [2.45, 2.75) is 25.2 Å². The van der Waals surface area contributed by atoms with Crippen molar-refractivity contribution < 1.29 is 23.1 Å². The van der Waals surface area contributed by atoms with E-state index in [1.807, 2.05) is 0 Å². The van der Waals surface area contributed by atoms with Gasteiger partial charge in [-0.25, -0.2) is 9.55 Å². The number of thiol groups is 1. The molecule has 134 valence electrons. The standard InChI is InChI=1S/C12H20N5O5PS/c1-14-12(13)16-11-9(5-18)15-7-17(11)10-4-3-8(22-10)6-21-23(19,24)20-2/h5,7-8,10H,3-4,6H2,1-2H3,(H,19,24)(H3,13,14,16). The molecular weight excluding hydrogens is 357 g/mol. The van der Waals surface area contributed by atoms with Gasteiger partial charge in [0.1, 0.15) is 11.9 Å². The van der Waals surface area contributed by atoms with Crippen LogP contribution < -0.4 is 11.1 Å². The topological polar surface area (TPSA) is 130 Å². The van der Waals surface area contributed by atoms with Gasteiger partial charge in [-0.2, -0.15) is 4.99 Å². The number of hydrogen-bond acceptors (Lipinski definition) is 7. The number of rotatable bonds is 7. The smallest absolute Gasteiger partial charge is 0.370 e. The van der Waals surface area contributed by atoms with Crippen molar-refractivity contribution in [3.05, 3.63) is 12.0 Å². The molecule has 2 rings (SSSR count). The Hall–Kier alpha value is -1.39. The fourth-order valence-electron chi connectivity index (χ4n) is 2.19. The third kappa shape index (κ3) is 4.58. The van der Waals surface area contributed by atoms with E-state index in [-0.39, 0.29) is 30.6 Å². The lowest BCUT2D eigenvalue weighted by molar-refractivity contribution is -0.0179. The maximum atomic E-state index is 11.6. The first kappa shape index (κ1) is 18.9. The lowest BCUT2D eigenvalue weighted by Gasteiger charge is -2.17. The second-order valence-electron chi connectivity index (χ2n) is 4.96. The highest BCUT2D eigenvalue weighted by Gasteiger charge is 2.31. The minimum Gasteiger partial charge on any atom is -0.370 e. The first-order valence-electron chi connectivity index (χ1n) is 7.12. The summed E-state index contributed by atoms with van der Waals surface area (Å²) in [6, 6.07) is 0. The Morgan fingerprint density at radius 1 is 1.71 bits per heavy atom. The molecule has 3 N–H and O–H groups in total. The number of nitrogens with one attached hydrogen (secondary N) is 1. The third-order valence-electron chi connectivity index (χ3n) is 3.44. The van der Waals surface area contributed by atoms with Crippen LogP contribution in [0.4, 0.5) is 5.82 Å². The summed E-state index contributed by atoms with van der Waals surface area (Å²) >= 11 is 3.80. The van der Waals surface area contributed by atoms with Gasteiger partial charge in [0.15, 0.2) is 18.1 Å². The molecular formula is C12H20N5O5PS. The van der Waals surface area contributed by atoms with E-state index in [1.54, 1.807) is 11.6 Å². The number of aromatic nitrogens is 2. The zero-order valence-electron chi connectivity index (χ0n) is 13.3. The Bertz CT molecular complexity index is 666. The van der Waals surface area contributed by atoms with Crippen molar-refractivity contribution in [3.8, 4) is 0 Å². The number of nitrogens with zero attached hydrogens (tertiary/aromatic N) is 3. The number of carbonyl (C=O) groups excluding carboxylic acids is 1. The molecule has 1 aromatic heterocycles. The largest absolute Gasteiger partial charge is 0.385 e. The van der Waals surface area contributed by atoms with E-state index in [1.165, 1.54) is 13.4 Å². The fraction of sp³-hybridized carbons (Fsp3) is 0.583. The van der Waals surface area contributed by atoms with Crippen molar-refractivity contribution in [1.29, 1.82) is 0 Å². The van der Waals surface area contributed by atoms with E-state index >= 15 is 0 Å². The molecule has 1 aliphatic heterocycles. The molecule has 1 aromatic rings. The molecule has 10 nitrogen and oxygen atoms in total. The highest BCUT2D eigenvalue weighted by atomic mass is 32.7. The van der Waals surface area contributed by atoms with Gasteiger partial charge < -0.3 is 20.3 Å². The molecule has 0 aromatic carbocycles. The van der Waals surface area contributed by atoms with E-state index in [4.69, 9.17) is 15.0 Å². The van der Waals surface area contributed by atoms with E-state index in [0.717, 1.165) is 0 Å². The van der Waals surface area contributed by atoms with Crippen LogP contribution in [0, 0.1) is 0 Å². The van der Waals surface area contributed by atoms with Crippen LogP contribution in [0.25, 0.3) is 0 Å². The SMILES string of the molecule is CN/C(N)=N\c1c(C=O)ncn1C1CCC(COP(=O)(S)OC)O1. The van der Waals surface area contributed by atoms with E-state index in [2.05, 4.69) is 32.1 Å². The van der Waals surface area contributed by atoms with E-state index < -0.39 is 6.80 Å². The molecule has 2 heterocycles. The lowest BCUT2D eigenvalue weighted by atomic mass is 10.2. The van der Waals surface area contributed by atoms with Crippen LogP contribution in [0.3, 0.4) is 0 Å². The zero-order chi connectivity index (χ0) is 17.7. The summed E-state index contributed by atoms with van der Waals surface area (Å²) < 4.78 is 28.9. The zero-order valence-corrected chi connectivity index (χ0v) is 15.1. The quantitative estimate of drug-likeness (QED) is 0.213. The molecule has 0 saturated carbocycles.